The zero-order valence-corrected chi connectivity index (χ0v) is 7.58. The average molecular weight is 176 g/mol. The summed E-state index contributed by atoms with van der Waals surface area (Å²) in [5, 5.41) is 1.63. The van der Waals surface area contributed by atoms with Gasteiger partial charge in [0, 0.05) is 12.1 Å². The van der Waals surface area contributed by atoms with E-state index in [2.05, 4.69) is 5.43 Å². The van der Waals surface area contributed by atoms with E-state index in [0.717, 1.165) is 18.7 Å². The summed E-state index contributed by atoms with van der Waals surface area (Å²) >= 11 is 0. The number of rotatable bonds is 1. The van der Waals surface area contributed by atoms with Crippen LogP contribution in [0.3, 0.4) is 0 Å². The van der Waals surface area contributed by atoms with Gasteiger partial charge in [0.05, 0.1) is 6.54 Å². The van der Waals surface area contributed by atoms with Gasteiger partial charge in [0.2, 0.25) is 0 Å². The number of aryl methyl sites for hydroxylation is 1. The monoisotopic (exact) mass is 176 g/mol. The van der Waals surface area contributed by atoms with Crippen molar-refractivity contribution < 1.29 is 4.79 Å². The van der Waals surface area contributed by atoms with Crippen LogP contribution < -0.4 is 5.43 Å². The third kappa shape index (κ3) is 1.55. The highest BCUT2D eigenvalue weighted by molar-refractivity contribution is 5.94. The Kier molecular flexibility index (Phi) is 2.02. The van der Waals surface area contributed by atoms with Crippen LogP contribution in [0.1, 0.15) is 15.9 Å². The van der Waals surface area contributed by atoms with E-state index >= 15 is 0 Å². The molecule has 68 valence electrons. The second kappa shape index (κ2) is 3.18. The van der Waals surface area contributed by atoms with Gasteiger partial charge in [-0.15, -0.1) is 0 Å². The molecule has 0 bridgehead atoms. The molecule has 0 unspecified atom stereocenters. The van der Waals surface area contributed by atoms with E-state index < -0.39 is 0 Å². The van der Waals surface area contributed by atoms with Crippen LogP contribution in [0.4, 0.5) is 0 Å². The topological polar surface area (TPSA) is 32.3 Å². The molecule has 1 aromatic rings. The Morgan fingerprint density at radius 2 is 2.00 bits per heavy atom. The molecule has 1 aliphatic heterocycles. The first-order valence-corrected chi connectivity index (χ1v) is 4.39. The lowest BCUT2D eigenvalue weighted by Gasteiger charge is -2.31. The molecule has 0 aromatic heterocycles. The van der Waals surface area contributed by atoms with Gasteiger partial charge in [-0.3, -0.25) is 9.80 Å². The fourth-order valence-corrected chi connectivity index (χ4v) is 1.25. The van der Waals surface area contributed by atoms with E-state index in [1.165, 1.54) is 5.56 Å². The number of carbonyl (C=O) groups excluding carboxylic acids is 1. The number of hydrogen-bond acceptors (Lipinski definition) is 2. The summed E-state index contributed by atoms with van der Waals surface area (Å²) in [6.45, 7) is 3.72. The molecule has 1 fully saturated rings. The molecule has 0 atom stereocenters. The van der Waals surface area contributed by atoms with Crippen molar-refractivity contribution in [2.75, 3.05) is 13.1 Å². The van der Waals surface area contributed by atoms with Crippen molar-refractivity contribution in [3.63, 3.8) is 0 Å². The molecule has 1 amide bonds. The largest absolute Gasteiger partial charge is 0.273 e. The molecule has 3 nitrogen and oxygen atoms in total. The van der Waals surface area contributed by atoms with Crippen LogP contribution in [0.5, 0.6) is 0 Å². The number of carbonyl (C=O) groups is 1. The predicted molar refractivity (Wildman–Crippen MR) is 50.2 cm³/mol. The van der Waals surface area contributed by atoms with Crippen LogP contribution in [0.15, 0.2) is 24.3 Å². The highest BCUT2D eigenvalue weighted by Gasteiger charge is 2.20. The number of nitrogens with zero attached hydrogens (tertiary/aromatic N) is 1. The van der Waals surface area contributed by atoms with Gasteiger partial charge >= 0.3 is 0 Å². The van der Waals surface area contributed by atoms with Gasteiger partial charge in [-0.1, -0.05) is 17.7 Å². The number of hydrazine groups is 1. The standard InChI is InChI=1S/C10H12N2O/c1-8-2-4-9(5-3-8)10(13)12-7-6-11-12/h2-5,11H,6-7H2,1H3. The first kappa shape index (κ1) is 8.26. The third-order valence-corrected chi connectivity index (χ3v) is 2.18. The van der Waals surface area contributed by atoms with Crippen molar-refractivity contribution in [2.45, 2.75) is 6.92 Å². The molecule has 0 radical (unpaired) electrons. The highest BCUT2D eigenvalue weighted by atomic mass is 16.2. The van der Waals surface area contributed by atoms with Crippen LogP contribution in [0.2, 0.25) is 0 Å². The van der Waals surface area contributed by atoms with E-state index in [-0.39, 0.29) is 5.91 Å². The summed E-state index contributed by atoms with van der Waals surface area (Å²) in [5.74, 6) is 0.0613. The molecule has 1 aromatic carbocycles. The van der Waals surface area contributed by atoms with Crippen molar-refractivity contribution >= 4 is 5.91 Å². The van der Waals surface area contributed by atoms with Gasteiger partial charge < -0.3 is 0 Å². The van der Waals surface area contributed by atoms with E-state index in [1.54, 1.807) is 5.01 Å². The van der Waals surface area contributed by atoms with E-state index in [9.17, 15) is 4.79 Å². The van der Waals surface area contributed by atoms with Crippen molar-refractivity contribution in [3.05, 3.63) is 35.4 Å². The Morgan fingerprint density at radius 3 is 2.46 bits per heavy atom. The summed E-state index contributed by atoms with van der Waals surface area (Å²) in [6.07, 6.45) is 0. The molecular formula is C10H12N2O. The SMILES string of the molecule is Cc1ccc(C(=O)N2CCN2)cc1. The molecule has 1 aliphatic rings. The van der Waals surface area contributed by atoms with Crippen LogP contribution in [0.25, 0.3) is 0 Å². The zero-order valence-electron chi connectivity index (χ0n) is 7.58. The molecule has 0 saturated carbocycles. The Morgan fingerprint density at radius 1 is 1.38 bits per heavy atom. The van der Waals surface area contributed by atoms with Crippen LogP contribution in [0, 0.1) is 6.92 Å². The summed E-state index contributed by atoms with van der Waals surface area (Å²) in [5.41, 5.74) is 4.86. The van der Waals surface area contributed by atoms with Crippen LogP contribution in [-0.2, 0) is 0 Å². The lowest BCUT2D eigenvalue weighted by Crippen LogP contribution is -2.56. The second-order valence-corrected chi connectivity index (χ2v) is 3.23. The normalized spacial score (nSPS) is 15.3. The van der Waals surface area contributed by atoms with Crippen LogP contribution >= 0.6 is 0 Å². The number of benzene rings is 1. The summed E-state index contributed by atoms with van der Waals surface area (Å²) in [6, 6.07) is 7.62. The number of hydrogen-bond donors (Lipinski definition) is 1. The molecule has 3 heteroatoms. The predicted octanol–water partition coefficient (Wildman–Crippen LogP) is 0.955. The lowest BCUT2D eigenvalue weighted by molar-refractivity contribution is 0.0485. The summed E-state index contributed by atoms with van der Waals surface area (Å²) in [4.78, 5) is 11.6. The van der Waals surface area contributed by atoms with Gasteiger partial charge in [0.1, 0.15) is 0 Å². The van der Waals surface area contributed by atoms with Gasteiger partial charge in [0.15, 0.2) is 0 Å². The zero-order chi connectivity index (χ0) is 9.26. The molecule has 13 heavy (non-hydrogen) atoms. The van der Waals surface area contributed by atoms with Crippen molar-refractivity contribution in [1.29, 1.82) is 0 Å². The first-order valence-electron chi connectivity index (χ1n) is 4.39. The van der Waals surface area contributed by atoms with Crippen molar-refractivity contribution in [1.82, 2.24) is 10.4 Å². The molecule has 1 N–H and O–H groups in total. The fourth-order valence-electron chi connectivity index (χ4n) is 1.25. The second-order valence-electron chi connectivity index (χ2n) is 3.23. The number of amides is 1. The minimum Gasteiger partial charge on any atom is -0.273 e. The fraction of sp³-hybridized carbons (Fsp3) is 0.300. The number of nitrogens with one attached hydrogen (secondary N) is 1. The quantitative estimate of drug-likeness (QED) is 0.691. The first-order chi connectivity index (χ1) is 6.27. The minimum atomic E-state index is 0.0613. The Labute approximate surface area is 77.3 Å². The molecule has 0 aliphatic carbocycles. The van der Waals surface area contributed by atoms with Crippen molar-refractivity contribution in [3.8, 4) is 0 Å². The molecule has 1 heterocycles. The molecule has 0 spiro atoms. The van der Waals surface area contributed by atoms with E-state index in [0.29, 0.717) is 0 Å². The molecular weight excluding hydrogens is 164 g/mol. The maximum Gasteiger partial charge on any atom is 0.268 e. The van der Waals surface area contributed by atoms with Gasteiger partial charge in [-0.25, -0.2) is 5.43 Å². The summed E-state index contributed by atoms with van der Waals surface area (Å²) in [7, 11) is 0. The molecule has 2 rings (SSSR count). The van der Waals surface area contributed by atoms with Gasteiger partial charge in [-0.05, 0) is 19.1 Å². The van der Waals surface area contributed by atoms with Gasteiger partial charge in [-0.2, -0.15) is 0 Å². The van der Waals surface area contributed by atoms with Gasteiger partial charge in [0.25, 0.3) is 5.91 Å². The van der Waals surface area contributed by atoms with E-state index in [4.69, 9.17) is 0 Å². The maximum absolute atomic E-state index is 11.6. The molecule has 1 saturated heterocycles. The average Bonchev–Trinajstić information content (AvgIpc) is 2.02. The highest BCUT2D eigenvalue weighted by Crippen LogP contribution is 2.07. The lowest BCUT2D eigenvalue weighted by atomic mass is 10.1. The Hall–Kier alpha value is -1.35. The summed E-state index contributed by atoms with van der Waals surface area (Å²) < 4.78 is 0. The van der Waals surface area contributed by atoms with E-state index in [1.807, 2.05) is 31.2 Å². The minimum absolute atomic E-state index is 0.0613. The smallest absolute Gasteiger partial charge is 0.268 e. The maximum atomic E-state index is 11.6. The van der Waals surface area contributed by atoms with Crippen molar-refractivity contribution in [2.24, 2.45) is 0 Å². The Bertz CT molecular complexity index is 314. The Balaban J connectivity index is 2.15. The third-order valence-electron chi connectivity index (χ3n) is 2.18. The van der Waals surface area contributed by atoms with Crippen LogP contribution in [-0.4, -0.2) is 24.0 Å².